The third kappa shape index (κ3) is 2.32. The second-order valence-corrected chi connectivity index (χ2v) is 3.21. The maximum Gasteiger partial charge on any atom is 0.349 e. The van der Waals surface area contributed by atoms with Crippen molar-refractivity contribution in [3.63, 3.8) is 0 Å². The molecule has 2 N–H and O–H groups in total. The van der Waals surface area contributed by atoms with E-state index in [-0.39, 0.29) is 11.7 Å². The first-order valence-electron chi connectivity index (χ1n) is 4.77. The third-order valence-electron chi connectivity index (χ3n) is 1.99. The topological polar surface area (TPSA) is 104 Å². The Morgan fingerprint density at radius 2 is 2.11 bits per heavy atom. The molecule has 0 unspecified atom stereocenters. The Labute approximate surface area is 100 Å². The summed E-state index contributed by atoms with van der Waals surface area (Å²) in [5.41, 5.74) is 4.81. The lowest BCUT2D eigenvalue weighted by Gasteiger charge is -2.05. The maximum absolute atomic E-state index is 13.3. The molecule has 1 heterocycles. The van der Waals surface area contributed by atoms with E-state index in [1.54, 1.807) is 0 Å². The van der Waals surface area contributed by atoms with Crippen LogP contribution < -0.4 is 10.5 Å². The SMILES string of the molecule is Nc1ncc([N+](=O)[O-])c(Oc2ccccc2F)n1. The lowest BCUT2D eigenvalue weighted by atomic mass is 10.3. The molecule has 1 aromatic heterocycles. The molecular weight excluding hydrogens is 243 g/mol. The molecule has 0 aliphatic carbocycles. The number of hydrogen-bond acceptors (Lipinski definition) is 6. The molecule has 7 nitrogen and oxygen atoms in total. The second-order valence-electron chi connectivity index (χ2n) is 3.21. The van der Waals surface area contributed by atoms with Gasteiger partial charge in [0.2, 0.25) is 5.95 Å². The summed E-state index contributed by atoms with van der Waals surface area (Å²) < 4.78 is 18.4. The van der Waals surface area contributed by atoms with Gasteiger partial charge >= 0.3 is 11.6 Å². The van der Waals surface area contributed by atoms with Gasteiger partial charge in [-0.3, -0.25) is 10.1 Å². The van der Waals surface area contributed by atoms with Crippen LogP contribution in [0, 0.1) is 15.9 Å². The highest BCUT2D eigenvalue weighted by Crippen LogP contribution is 2.30. The number of benzene rings is 1. The molecule has 2 aromatic rings. The van der Waals surface area contributed by atoms with E-state index in [4.69, 9.17) is 10.5 Å². The Morgan fingerprint density at radius 1 is 1.39 bits per heavy atom. The van der Waals surface area contributed by atoms with E-state index in [0.29, 0.717) is 0 Å². The minimum Gasteiger partial charge on any atom is -0.430 e. The molecule has 18 heavy (non-hydrogen) atoms. The molecule has 0 saturated heterocycles. The van der Waals surface area contributed by atoms with Crippen molar-refractivity contribution < 1.29 is 14.1 Å². The Hall–Kier alpha value is -2.77. The van der Waals surface area contributed by atoms with Crippen molar-refractivity contribution in [2.75, 3.05) is 5.73 Å². The summed E-state index contributed by atoms with van der Waals surface area (Å²) in [5.74, 6) is -1.45. The normalized spacial score (nSPS) is 10.1. The number of rotatable bonds is 3. The number of para-hydroxylation sites is 1. The standard InChI is InChI=1S/C10H7FN4O3/c11-6-3-1-2-4-8(6)18-9-7(15(16)17)5-13-10(12)14-9/h1-5H,(H2,12,13,14). The average molecular weight is 250 g/mol. The van der Waals surface area contributed by atoms with Gasteiger partial charge in [-0.05, 0) is 12.1 Å². The van der Waals surface area contributed by atoms with Gasteiger partial charge in [-0.15, -0.1) is 0 Å². The molecule has 92 valence electrons. The molecule has 0 radical (unpaired) electrons. The highest BCUT2D eigenvalue weighted by atomic mass is 19.1. The fraction of sp³-hybridized carbons (Fsp3) is 0. The molecule has 2 rings (SSSR count). The van der Waals surface area contributed by atoms with Crippen LogP contribution in [0.4, 0.5) is 16.0 Å². The van der Waals surface area contributed by atoms with Crippen LogP contribution in [0.5, 0.6) is 11.6 Å². The van der Waals surface area contributed by atoms with E-state index < -0.39 is 22.3 Å². The summed E-state index contributed by atoms with van der Waals surface area (Å²) in [6.07, 6.45) is 0.901. The second kappa shape index (κ2) is 4.62. The molecule has 0 amide bonds. The van der Waals surface area contributed by atoms with Gasteiger partial charge in [0.05, 0.1) is 4.92 Å². The van der Waals surface area contributed by atoms with Crippen LogP contribution in [0.15, 0.2) is 30.5 Å². The summed E-state index contributed by atoms with van der Waals surface area (Å²) in [6.45, 7) is 0. The molecule has 0 aliphatic rings. The molecule has 0 saturated carbocycles. The molecule has 0 atom stereocenters. The van der Waals surface area contributed by atoms with Crippen LogP contribution in [0.3, 0.4) is 0 Å². The quantitative estimate of drug-likeness (QED) is 0.658. The summed E-state index contributed by atoms with van der Waals surface area (Å²) in [4.78, 5) is 17.0. The number of aromatic nitrogens is 2. The van der Waals surface area contributed by atoms with Crippen molar-refractivity contribution in [1.82, 2.24) is 9.97 Å². The Bertz CT molecular complexity index is 605. The first-order chi connectivity index (χ1) is 8.58. The lowest BCUT2D eigenvalue weighted by molar-refractivity contribution is -0.386. The molecule has 0 spiro atoms. The number of nitrogens with two attached hydrogens (primary N) is 1. The molecule has 8 heteroatoms. The van der Waals surface area contributed by atoms with Crippen molar-refractivity contribution in [2.45, 2.75) is 0 Å². The summed E-state index contributed by atoms with van der Waals surface area (Å²) in [7, 11) is 0. The Kier molecular flexibility index (Phi) is 3.00. The zero-order valence-electron chi connectivity index (χ0n) is 8.91. The van der Waals surface area contributed by atoms with Gasteiger partial charge in [0.1, 0.15) is 6.20 Å². The predicted molar refractivity (Wildman–Crippen MR) is 59.6 cm³/mol. The van der Waals surface area contributed by atoms with Gasteiger partial charge in [-0.1, -0.05) is 12.1 Å². The van der Waals surface area contributed by atoms with Crippen molar-refractivity contribution >= 4 is 11.6 Å². The van der Waals surface area contributed by atoms with Crippen LogP contribution in [0.1, 0.15) is 0 Å². The maximum atomic E-state index is 13.3. The van der Waals surface area contributed by atoms with E-state index in [0.717, 1.165) is 12.3 Å². The number of ether oxygens (including phenoxy) is 1. The zero-order valence-corrected chi connectivity index (χ0v) is 8.91. The Balaban J connectivity index is 2.42. The van der Waals surface area contributed by atoms with E-state index in [2.05, 4.69) is 9.97 Å². The van der Waals surface area contributed by atoms with Crippen LogP contribution in [-0.4, -0.2) is 14.9 Å². The Morgan fingerprint density at radius 3 is 2.78 bits per heavy atom. The zero-order chi connectivity index (χ0) is 13.1. The van der Waals surface area contributed by atoms with E-state index in [9.17, 15) is 14.5 Å². The smallest absolute Gasteiger partial charge is 0.349 e. The average Bonchev–Trinajstić information content (AvgIpc) is 2.32. The fourth-order valence-corrected chi connectivity index (χ4v) is 1.20. The van der Waals surface area contributed by atoms with Crippen molar-refractivity contribution in [3.05, 3.63) is 46.4 Å². The van der Waals surface area contributed by atoms with Crippen molar-refractivity contribution in [2.24, 2.45) is 0 Å². The number of nitrogens with zero attached hydrogens (tertiary/aromatic N) is 3. The fourth-order valence-electron chi connectivity index (χ4n) is 1.20. The first kappa shape index (κ1) is 11.7. The van der Waals surface area contributed by atoms with E-state index >= 15 is 0 Å². The van der Waals surface area contributed by atoms with Crippen LogP contribution in [-0.2, 0) is 0 Å². The highest BCUT2D eigenvalue weighted by Gasteiger charge is 2.20. The number of anilines is 1. The summed E-state index contributed by atoms with van der Waals surface area (Å²) in [6, 6.07) is 5.46. The first-order valence-corrected chi connectivity index (χ1v) is 4.77. The van der Waals surface area contributed by atoms with Gasteiger partial charge in [0, 0.05) is 0 Å². The number of nitro groups is 1. The third-order valence-corrected chi connectivity index (χ3v) is 1.99. The molecular formula is C10H7FN4O3. The van der Waals surface area contributed by atoms with Gasteiger partial charge in [0.15, 0.2) is 11.6 Å². The summed E-state index contributed by atoms with van der Waals surface area (Å²) in [5, 5.41) is 10.7. The van der Waals surface area contributed by atoms with Crippen LogP contribution >= 0.6 is 0 Å². The minimum atomic E-state index is -0.740. The van der Waals surface area contributed by atoms with Crippen molar-refractivity contribution in [3.8, 4) is 11.6 Å². The molecule has 0 fully saturated rings. The number of halogens is 1. The monoisotopic (exact) mass is 250 g/mol. The van der Waals surface area contributed by atoms with Gasteiger partial charge in [-0.2, -0.15) is 4.98 Å². The molecule has 1 aromatic carbocycles. The molecule has 0 bridgehead atoms. The predicted octanol–water partition coefficient (Wildman–Crippen LogP) is 1.90. The van der Waals surface area contributed by atoms with E-state index in [1.165, 1.54) is 18.2 Å². The largest absolute Gasteiger partial charge is 0.430 e. The number of nitrogen functional groups attached to an aromatic ring is 1. The van der Waals surface area contributed by atoms with Gasteiger partial charge in [0.25, 0.3) is 0 Å². The molecule has 0 aliphatic heterocycles. The lowest BCUT2D eigenvalue weighted by Crippen LogP contribution is -2.02. The van der Waals surface area contributed by atoms with Crippen LogP contribution in [0.2, 0.25) is 0 Å². The summed E-state index contributed by atoms with van der Waals surface area (Å²) >= 11 is 0. The van der Waals surface area contributed by atoms with E-state index in [1.807, 2.05) is 0 Å². The van der Waals surface area contributed by atoms with Gasteiger partial charge in [-0.25, -0.2) is 9.37 Å². The minimum absolute atomic E-state index is 0.182. The highest BCUT2D eigenvalue weighted by molar-refractivity contribution is 5.44. The van der Waals surface area contributed by atoms with Crippen molar-refractivity contribution in [1.29, 1.82) is 0 Å². The number of hydrogen-bond donors (Lipinski definition) is 1. The van der Waals surface area contributed by atoms with Gasteiger partial charge < -0.3 is 10.5 Å². The van der Waals surface area contributed by atoms with Crippen LogP contribution in [0.25, 0.3) is 0 Å².